The smallest absolute Gasteiger partial charge is 0.700 e. The van der Waals surface area contributed by atoms with Crippen molar-refractivity contribution >= 4 is 1200 Å². The van der Waals surface area contributed by atoms with Gasteiger partial charge in [-0.2, -0.15) is 7.52 Å². The van der Waals surface area contributed by atoms with Crippen molar-refractivity contribution in [1.82, 2.24) is 0 Å². The van der Waals surface area contributed by atoms with E-state index < -0.39 is 219 Å². The van der Waals surface area contributed by atoms with Gasteiger partial charge in [0, 0.05) is 255 Å². The van der Waals surface area contributed by atoms with Gasteiger partial charge >= 0.3 is 51.4 Å². The van der Waals surface area contributed by atoms with Crippen molar-refractivity contribution < 1.29 is 65.8 Å². The third-order valence-corrected chi connectivity index (χ3v) is 833. The molecule has 0 aliphatic heterocycles. The van der Waals surface area contributed by atoms with Crippen LogP contribution in [0.2, 0.25) is 0 Å². The van der Waals surface area contributed by atoms with Crippen LogP contribution in [-0.2, 0) is 1160 Å². The van der Waals surface area contributed by atoms with Gasteiger partial charge in [0.25, 0.3) is 0 Å². The second-order valence-electron chi connectivity index (χ2n) is 20.4. The molecular formula is C12H8IKO3S126. The molecular weight excluding hydrogens is 4400 g/mol. The number of carbonyl (C=O) groups is 3. The molecule has 3 nitrogen and oxygen atoms in total. The number of rotatable bonds is 42. The fourth-order valence-corrected chi connectivity index (χ4v) is 994. The van der Waals surface area contributed by atoms with E-state index in [-0.39, 0.29) is 63.0 Å². The van der Waals surface area contributed by atoms with Crippen LogP contribution in [0.5, 0.6) is 0 Å². The summed E-state index contributed by atoms with van der Waals surface area (Å²) >= 11 is 517. The molecule has 0 radical (unpaired) electrons. The van der Waals surface area contributed by atoms with Gasteiger partial charge in [-0.25, -0.2) is 0 Å². The van der Waals surface area contributed by atoms with Gasteiger partial charge in [-0.05, 0) is 943 Å². The first kappa shape index (κ1) is 177. The zero-order chi connectivity index (χ0) is 117. The Hall–Kier alpha value is 33.6. The summed E-state index contributed by atoms with van der Waals surface area (Å²) in [4.78, 5) is 33.8. The summed E-state index contributed by atoms with van der Waals surface area (Å²) in [6, 6.07) is 4.51. The van der Waals surface area contributed by atoms with E-state index in [0.717, 1.165) is 0 Å². The molecule has 0 saturated heterocycles. The van der Waals surface area contributed by atoms with Crippen molar-refractivity contribution in [3.05, 3.63) is 46.5 Å². The first-order valence-corrected chi connectivity index (χ1v) is 195. The van der Waals surface area contributed by atoms with E-state index >= 15 is 0 Å². The zero-order valence-electron chi connectivity index (χ0n) is 60.9. The van der Waals surface area contributed by atoms with Crippen LogP contribution in [-0.4, -0.2) is 17.9 Å². The van der Waals surface area contributed by atoms with E-state index in [1.807, 2.05) is 0 Å². The van der Waals surface area contributed by atoms with Gasteiger partial charge in [-0.3, -0.25) is 14.4 Å². The summed E-state index contributed by atoms with van der Waals surface area (Å²) in [5.74, 6) is -0.368. The number of allylic oxidation sites excluding steroid dienone is 2. The Morgan fingerprint density at radius 1 is 0.217 bits per heavy atom. The number of halogens is 1. The van der Waals surface area contributed by atoms with Crippen LogP contribution in [0.3, 0.4) is 0 Å². The van der Waals surface area contributed by atoms with Gasteiger partial charge in [0.2, 0.25) is 0 Å². The maximum Gasteiger partial charge on any atom is 1.00 e. The Morgan fingerprint density at radius 3 is 0.448 bits per heavy atom. The molecule has 0 heterocycles. The summed E-state index contributed by atoms with van der Waals surface area (Å²) < 4.78 is -2.81. The minimum Gasteiger partial charge on any atom is -0.700 e. The topological polar surface area (TPSA) is 51.2 Å². The van der Waals surface area contributed by atoms with Gasteiger partial charge in [0.1, 0.15) is 6.29 Å². The first-order valence-electron chi connectivity index (χ1n) is 25.5. The second kappa shape index (κ2) is 57.3. The molecule has 0 amide bonds. The van der Waals surface area contributed by atoms with Crippen LogP contribution >= 0.6 is 21.2 Å². The Balaban J connectivity index is 0.0000114. The van der Waals surface area contributed by atoms with Crippen molar-refractivity contribution in [1.29, 1.82) is 0 Å². The molecule has 1 unspecified atom stereocenters. The van der Waals surface area contributed by atoms with E-state index in [9.17, 15) is 14.4 Å². The molecule has 1 aromatic carbocycles. The largest absolute Gasteiger partial charge is 1.00 e. The Bertz CT molecular complexity index is 11100. The van der Waals surface area contributed by atoms with Gasteiger partial charge in [0.05, 0.1) is 0 Å². The molecule has 0 fully saturated rings. The van der Waals surface area contributed by atoms with Crippen LogP contribution < -0.4 is 51.4 Å². The molecule has 0 spiro atoms. The van der Waals surface area contributed by atoms with Crippen molar-refractivity contribution in [2.75, 3.05) is 0 Å². The first-order chi connectivity index (χ1) is 60.1. The fraction of sp³-hybridized carbons (Fsp3) is 0.0833. The standard InChI is InChI=1S/C12H8O3.HIS126.K/c1-7-4-11(14)9-3-2-8(6-13)5-10(9)12(7)15;1-87(4,5)89(8,9)91(12,13)93(16,17)95(20,21)97(24,25)99(28,29)101(32,33)103(36,37)105(40,41)107(44,45)109(48,49)111(52,53)113(56,57)115(60,61)117(64,65)119(68,69)121(72,73)123(76,77)125(80,81)127(84,85)126(82,83)124(78,79)122(74,75)120(70,71)118(66,67)116(62,63)114(58,59)112(54,55)110(50,51)108(46,47)106(42,43)104(38,39)102(34,35)100(30,31)98(26,27)96(22,23)94(18,19)92(14,15)90(10,11)88(6,7)86(2)3;/h2-6H,1H3;(H,2,3);/q;;+1/p-1. The van der Waals surface area contributed by atoms with Crippen molar-refractivity contribution in [2.24, 2.45) is 0 Å². The van der Waals surface area contributed by atoms with Crippen LogP contribution in [0.1, 0.15) is 38.0 Å². The minimum absolute atomic E-state index is 0. The normalized spacial score (nSPS) is 16.9. The number of hydrogen-bond acceptors (Lipinski definition) is 87. The molecule has 0 N–H and O–H groups in total. The summed E-state index contributed by atoms with van der Waals surface area (Å²) in [6.07, 6.45) is 1.98. The molecule has 143 heavy (non-hydrogen) atoms. The number of fused-ring (bicyclic) bond motifs is 1. The van der Waals surface area contributed by atoms with Crippen molar-refractivity contribution in [3.8, 4) is 0 Å². The molecule has 131 heteroatoms. The summed E-state index contributed by atoms with van der Waals surface area (Å²) in [5.41, 5.74) is 1.51. The predicted molar refractivity (Wildman–Crippen MR) is 996 cm³/mol. The number of hydrogen-bond donors (Lipinski definition) is 0. The predicted octanol–water partition coefficient (Wildman–Crippen LogP) is -0.588. The summed E-state index contributed by atoms with van der Waals surface area (Å²) in [7, 11) is -1.63. The molecule has 1 aliphatic rings. The Morgan fingerprint density at radius 2 is 0.336 bits per heavy atom. The second-order valence-corrected chi connectivity index (χ2v) is 467. The fourth-order valence-electron chi connectivity index (χ4n) is 5.64. The molecule has 0 saturated carbocycles. The summed E-state index contributed by atoms with van der Waals surface area (Å²) in [6.45, 7) is 1.59. The number of ketones is 2. The molecule has 838 valence electrons. The monoisotopic (exact) mass is 4390 g/mol. The van der Waals surface area contributed by atoms with E-state index in [1.165, 1.54) is 24.3 Å². The Labute approximate surface area is 1280 Å². The van der Waals surface area contributed by atoms with Crippen LogP contribution in [0.25, 0.3) is 0 Å². The van der Waals surface area contributed by atoms with Gasteiger partial charge in [0.15, 0.2) is 11.6 Å². The molecule has 1 atom stereocenters. The summed E-state index contributed by atoms with van der Waals surface area (Å²) in [5, 5.41) is -164. The van der Waals surface area contributed by atoms with Gasteiger partial charge in [-0.15, -0.1) is 0 Å². The van der Waals surface area contributed by atoms with E-state index in [0.29, 0.717) is 28.5 Å². The van der Waals surface area contributed by atoms with Crippen molar-refractivity contribution in [2.45, 2.75) is 6.92 Å². The number of aldehydes is 1. The van der Waals surface area contributed by atoms with Gasteiger partial charge in [-0.1, -0.05) is 17.3 Å². The minimum atomic E-state index is -4.33. The number of Topliss-reactive ketones (excluding diaryl/α,β-unsaturated/α-hetero) is 1. The van der Waals surface area contributed by atoms with E-state index in [4.69, 9.17) is 940 Å². The SMILES string of the molecule is CC1=CC(=O)c2ccc(C=O)cc2C1=O.S=S([S-])S(=S)(=S)S(=S)(=S)S(=S)(=S)S(=S)(=S)S(=S)(=S)S(=S)(=S)S(=S)(=S)S(=S)(=S)S(=S)(=S)S(=S)(=S)S(=S)(=S)S(=S)(=S)S(=S)(=S)S(=S)(=S)S(=S)(=S)S(=S)(=S)S(=S)(=S)S(=S)(=S)S(=S)(=S)S(=S)(=S)S(=S)(=S)S(=S)(=S)S(=S)(=S)S(=S)(=S)S(=S)(=S)S(=S)(=S)S(=S)(=S)S(=S)(=S)S(=S)(=S)S(=S)(=S)S(=S)(=S)S(=S)(=S)S(=S)(=S)S(=S)(=S)S(=S)(=S)S(=S)(=S)S(=S)(=S)S(=S)(=S)S(=S)(=S)S(=S)(=S)S(=S)(=S)I.[K+]. The molecule has 0 aromatic heterocycles. The van der Waals surface area contributed by atoms with Gasteiger partial charge < -0.3 is 11.7 Å². The Kier molecular flexibility index (Phi) is 70.8. The zero-order valence-corrected chi connectivity index (χ0v) is 169. The molecule has 2 rings (SSSR count). The third-order valence-electron chi connectivity index (χ3n) is 12.6. The van der Waals surface area contributed by atoms with Crippen molar-refractivity contribution in [3.63, 3.8) is 0 Å². The molecule has 1 aromatic rings. The maximum atomic E-state index is 11.7. The molecule has 0 bridgehead atoms. The molecule has 1 aliphatic carbocycles. The van der Waals surface area contributed by atoms with E-state index in [2.05, 4.69) is 0 Å². The number of benzene rings is 1. The maximum absolute atomic E-state index is 11.7. The van der Waals surface area contributed by atoms with Crippen LogP contribution in [0, 0.1) is 0 Å². The third kappa shape index (κ3) is 28.6. The number of carbonyl (C=O) groups excluding carboxylic acids is 3. The van der Waals surface area contributed by atoms with Crippen LogP contribution in [0.15, 0.2) is 29.8 Å². The average molecular weight is 4410 g/mol. The van der Waals surface area contributed by atoms with E-state index in [1.54, 1.807) is 28.1 Å². The van der Waals surface area contributed by atoms with Crippen LogP contribution in [0.4, 0.5) is 0 Å². The average Bonchev–Trinajstić information content (AvgIpc) is 0.667. The quantitative estimate of drug-likeness (QED) is 0.0210.